The van der Waals surface area contributed by atoms with Crippen molar-refractivity contribution in [1.82, 2.24) is 14.9 Å². The molecule has 0 atom stereocenters. The van der Waals surface area contributed by atoms with Crippen LogP contribution < -0.4 is 10.6 Å². The van der Waals surface area contributed by atoms with Gasteiger partial charge in [-0.2, -0.15) is 0 Å². The SMILES string of the molecule is CCN(CCCNC(=NC)NCC(C)(C)c1ccc(F)cc1Cl)S(C)(=O)=O. The van der Waals surface area contributed by atoms with Crippen LogP contribution in [-0.4, -0.2) is 58.2 Å². The number of hydrogen-bond donors (Lipinski definition) is 2. The second kappa shape index (κ2) is 10.2. The lowest BCUT2D eigenvalue weighted by molar-refractivity contribution is 0.423. The molecule has 154 valence electrons. The summed E-state index contributed by atoms with van der Waals surface area (Å²) in [5, 5.41) is 6.80. The largest absolute Gasteiger partial charge is 0.356 e. The molecule has 0 aliphatic carbocycles. The minimum Gasteiger partial charge on any atom is -0.356 e. The molecule has 9 heteroatoms. The molecule has 1 aromatic rings. The Morgan fingerprint density at radius 3 is 2.52 bits per heavy atom. The monoisotopic (exact) mass is 420 g/mol. The fourth-order valence-electron chi connectivity index (χ4n) is 2.68. The van der Waals surface area contributed by atoms with Crippen LogP contribution >= 0.6 is 11.6 Å². The molecule has 0 saturated heterocycles. The summed E-state index contributed by atoms with van der Waals surface area (Å²) >= 11 is 6.18. The molecular formula is C18H30ClFN4O2S. The summed E-state index contributed by atoms with van der Waals surface area (Å²) in [6.45, 7) is 7.88. The van der Waals surface area contributed by atoms with Gasteiger partial charge in [0.1, 0.15) is 5.82 Å². The third kappa shape index (κ3) is 7.63. The highest BCUT2D eigenvalue weighted by Crippen LogP contribution is 2.29. The summed E-state index contributed by atoms with van der Waals surface area (Å²) in [7, 11) is -1.50. The number of benzene rings is 1. The Hall–Kier alpha value is -1.38. The van der Waals surface area contributed by atoms with E-state index in [1.807, 2.05) is 20.8 Å². The molecule has 0 heterocycles. The van der Waals surface area contributed by atoms with Crippen molar-refractivity contribution in [3.05, 3.63) is 34.6 Å². The van der Waals surface area contributed by atoms with Crippen molar-refractivity contribution in [2.24, 2.45) is 4.99 Å². The van der Waals surface area contributed by atoms with Gasteiger partial charge >= 0.3 is 0 Å². The normalized spacial score (nSPS) is 13.1. The average Bonchev–Trinajstić information content (AvgIpc) is 2.55. The number of sulfonamides is 1. The zero-order valence-electron chi connectivity index (χ0n) is 16.6. The summed E-state index contributed by atoms with van der Waals surface area (Å²) in [5.74, 6) is 0.254. The van der Waals surface area contributed by atoms with Crippen LogP contribution in [0.1, 0.15) is 32.8 Å². The summed E-state index contributed by atoms with van der Waals surface area (Å²) in [6, 6.07) is 4.41. The molecule has 1 rings (SSSR count). The van der Waals surface area contributed by atoms with Gasteiger partial charge < -0.3 is 10.6 Å². The van der Waals surface area contributed by atoms with E-state index in [9.17, 15) is 12.8 Å². The van der Waals surface area contributed by atoms with Crippen molar-refractivity contribution >= 4 is 27.6 Å². The predicted octanol–water partition coefficient (Wildman–Crippen LogP) is 2.59. The fourth-order valence-corrected chi connectivity index (χ4v) is 4.03. The molecule has 0 radical (unpaired) electrons. The van der Waals surface area contributed by atoms with Crippen molar-refractivity contribution in [2.45, 2.75) is 32.6 Å². The van der Waals surface area contributed by atoms with Crippen molar-refractivity contribution < 1.29 is 12.8 Å². The average molecular weight is 421 g/mol. The highest BCUT2D eigenvalue weighted by Gasteiger charge is 2.24. The lowest BCUT2D eigenvalue weighted by atomic mass is 9.84. The van der Waals surface area contributed by atoms with E-state index >= 15 is 0 Å². The lowest BCUT2D eigenvalue weighted by Gasteiger charge is -2.28. The number of nitrogens with zero attached hydrogens (tertiary/aromatic N) is 2. The van der Waals surface area contributed by atoms with E-state index < -0.39 is 10.0 Å². The van der Waals surface area contributed by atoms with Gasteiger partial charge in [0, 0.05) is 43.7 Å². The van der Waals surface area contributed by atoms with Crippen LogP contribution in [0.3, 0.4) is 0 Å². The Morgan fingerprint density at radius 2 is 2.00 bits per heavy atom. The van der Waals surface area contributed by atoms with E-state index in [-0.39, 0.29) is 11.2 Å². The maximum atomic E-state index is 13.3. The van der Waals surface area contributed by atoms with Gasteiger partial charge in [-0.05, 0) is 24.1 Å². The second-order valence-electron chi connectivity index (χ2n) is 6.97. The third-order valence-electron chi connectivity index (χ3n) is 4.28. The smallest absolute Gasteiger partial charge is 0.211 e. The van der Waals surface area contributed by atoms with Gasteiger partial charge in [0.15, 0.2) is 5.96 Å². The first-order chi connectivity index (χ1) is 12.5. The summed E-state index contributed by atoms with van der Waals surface area (Å²) in [6.07, 6.45) is 1.88. The first-order valence-electron chi connectivity index (χ1n) is 8.86. The molecule has 0 spiro atoms. The number of nitrogens with one attached hydrogen (secondary N) is 2. The Bertz CT molecular complexity index is 754. The summed E-state index contributed by atoms with van der Waals surface area (Å²) in [5.41, 5.74) is 0.512. The molecule has 0 aliphatic rings. The van der Waals surface area contributed by atoms with Gasteiger partial charge in [-0.1, -0.05) is 38.4 Å². The van der Waals surface area contributed by atoms with Crippen molar-refractivity contribution in [3.8, 4) is 0 Å². The minimum absolute atomic E-state index is 0.336. The van der Waals surface area contributed by atoms with Crippen molar-refractivity contribution in [1.29, 1.82) is 0 Å². The quantitative estimate of drug-likeness (QED) is 0.366. The Morgan fingerprint density at radius 1 is 1.33 bits per heavy atom. The van der Waals surface area contributed by atoms with Crippen LogP contribution in [0.25, 0.3) is 0 Å². The van der Waals surface area contributed by atoms with Crippen LogP contribution in [0.2, 0.25) is 5.02 Å². The number of aliphatic imine (C=N–C) groups is 1. The fraction of sp³-hybridized carbons (Fsp3) is 0.611. The molecule has 27 heavy (non-hydrogen) atoms. The van der Waals surface area contributed by atoms with Gasteiger partial charge in [0.05, 0.1) is 6.26 Å². The molecule has 0 saturated carbocycles. The van der Waals surface area contributed by atoms with Crippen LogP contribution in [0.5, 0.6) is 0 Å². The van der Waals surface area contributed by atoms with E-state index in [1.165, 1.54) is 22.7 Å². The lowest BCUT2D eigenvalue weighted by Crippen LogP contribution is -2.44. The van der Waals surface area contributed by atoms with Gasteiger partial charge in [-0.25, -0.2) is 17.1 Å². The molecule has 1 aromatic carbocycles. The van der Waals surface area contributed by atoms with E-state index in [0.717, 1.165) is 5.56 Å². The van der Waals surface area contributed by atoms with E-state index in [2.05, 4.69) is 15.6 Å². The second-order valence-corrected chi connectivity index (χ2v) is 9.36. The van der Waals surface area contributed by atoms with Crippen LogP contribution in [0.4, 0.5) is 4.39 Å². The maximum absolute atomic E-state index is 13.3. The molecule has 0 aliphatic heterocycles. The topological polar surface area (TPSA) is 73.8 Å². The Kier molecular flexibility index (Phi) is 8.98. The maximum Gasteiger partial charge on any atom is 0.211 e. The van der Waals surface area contributed by atoms with Crippen molar-refractivity contribution in [2.75, 3.05) is 39.5 Å². The number of hydrogen-bond acceptors (Lipinski definition) is 3. The molecule has 0 unspecified atom stereocenters. The Labute approximate surface area is 167 Å². The zero-order chi connectivity index (χ0) is 20.7. The van der Waals surface area contributed by atoms with E-state index in [1.54, 1.807) is 13.1 Å². The van der Waals surface area contributed by atoms with Crippen molar-refractivity contribution in [3.63, 3.8) is 0 Å². The van der Waals surface area contributed by atoms with E-state index in [4.69, 9.17) is 11.6 Å². The number of rotatable bonds is 9. The molecule has 0 bridgehead atoms. The molecule has 2 N–H and O–H groups in total. The first-order valence-corrected chi connectivity index (χ1v) is 11.1. The van der Waals surface area contributed by atoms with Gasteiger partial charge in [0.2, 0.25) is 10.0 Å². The predicted molar refractivity (Wildman–Crippen MR) is 111 cm³/mol. The first kappa shape index (κ1) is 23.7. The zero-order valence-corrected chi connectivity index (χ0v) is 18.2. The molecule has 0 fully saturated rings. The van der Waals surface area contributed by atoms with Crippen LogP contribution in [0.15, 0.2) is 23.2 Å². The van der Waals surface area contributed by atoms with Gasteiger partial charge in [-0.15, -0.1) is 0 Å². The van der Waals surface area contributed by atoms with Crippen LogP contribution in [0, 0.1) is 5.82 Å². The molecule has 0 aromatic heterocycles. The van der Waals surface area contributed by atoms with Gasteiger partial charge in [-0.3, -0.25) is 4.99 Å². The summed E-state index contributed by atoms with van der Waals surface area (Å²) < 4.78 is 37.9. The Balaban J connectivity index is 2.54. The number of guanidine groups is 1. The van der Waals surface area contributed by atoms with Gasteiger partial charge in [0.25, 0.3) is 0 Å². The van der Waals surface area contributed by atoms with Crippen LogP contribution in [-0.2, 0) is 15.4 Å². The highest BCUT2D eigenvalue weighted by molar-refractivity contribution is 7.88. The summed E-state index contributed by atoms with van der Waals surface area (Å²) in [4.78, 5) is 4.18. The minimum atomic E-state index is -3.17. The molecule has 0 amide bonds. The third-order valence-corrected chi connectivity index (χ3v) is 5.97. The van der Waals surface area contributed by atoms with E-state index in [0.29, 0.717) is 43.6 Å². The molecular weight excluding hydrogens is 391 g/mol. The number of halogens is 2. The standard InChI is InChI=1S/C18H30ClFN4O2S/c1-6-24(27(5,25)26)11-7-10-22-17(21-4)23-13-18(2,3)15-9-8-14(20)12-16(15)19/h8-9,12H,6-7,10-11,13H2,1-5H3,(H2,21,22,23). The molecule has 6 nitrogen and oxygen atoms in total. The highest BCUT2D eigenvalue weighted by atomic mass is 35.5.